The summed E-state index contributed by atoms with van der Waals surface area (Å²) in [5.74, 6) is 0.414. The van der Waals surface area contributed by atoms with E-state index in [1.807, 2.05) is 77.2 Å². The number of nitrogens with one attached hydrogen (secondary N) is 1. The molecular weight excluding hydrogens is 446 g/mol. The lowest BCUT2D eigenvalue weighted by Crippen LogP contribution is -2.22. The van der Waals surface area contributed by atoms with Crippen LogP contribution < -0.4 is 10.9 Å². The molecule has 5 aromatic rings. The summed E-state index contributed by atoms with van der Waals surface area (Å²) in [5.41, 5.74) is 3.48. The van der Waals surface area contributed by atoms with Crippen LogP contribution in [0.25, 0.3) is 27.8 Å². The molecule has 0 aliphatic carbocycles. The van der Waals surface area contributed by atoms with Crippen LogP contribution in [-0.2, 0) is 11.3 Å². The Morgan fingerprint density at radius 1 is 0.941 bits per heavy atom. The molecule has 5 rings (SSSR count). The number of benzene rings is 3. The minimum absolute atomic E-state index is 0.149. The van der Waals surface area contributed by atoms with Crippen LogP contribution in [0.15, 0.2) is 101 Å². The molecule has 0 atom stereocenters. The first-order chi connectivity index (χ1) is 16.7. The Morgan fingerprint density at radius 3 is 2.41 bits per heavy atom. The molecule has 1 amide bonds. The highest BCUT2D eigenvalue weighted by atomic mass is 32.2. The van der Waals surface area contributed by atoms with Gasteiger partial charge in [-0.3, -0.25) is 18.6 Å². The summed E-state index contributed by atoms with van der Waals surface area (Å²) in [5, 5.41) is 12.5. The van der Waals surface area contributed by atoms with Gasteiger partial charge in [-0.1, -0.05) is 72.4 Å². The molecule has 0 aliphatic heterocycles. The van der Waals surface area contributed by atoms with Crippen molar-refractivity contribution in [3.63, 3.8) is 0 Å². The van der Waals surface area contributed by atoms with Crippen molar-refractivity contribution in [3.05, 3.63) is 102 Å². The number of hydrogen-bond donors (Lipinski definition) is 1. The highest BCUT2D eigenvalue weighted by molar-refractivity contribution is 7.99. The van der Waals surface area contributed by atoms with E-state index >= 15 is 0 Å². The van der Waals surface area contributed by atoms with Gasteiger partial charge in [0, 0.05) is 12.2 Å². The van der Waals surface area contributed by atoms with Crippen LogP contribution in [0.4, 0.5) is 5.69 Å². The largest absolute Gasteiger partial charge is 0.325 e. The zero-order chi connectivity index (χ0) is 23.5. The molecule has 1 N–H and O–H groups in total. The lowest BCUT2D eigenvalue weighted by molar-refractivity contribution is -0.113. The smallest absolute Gasteiger partial charge is 0.263 e. The third-order valence-corrected chi connectivity index (χ3v) is 6.33. The Kier molecular flexibility index (Phi) is 5.97. The first kappa shape index (κ1) is 21.7. The Labute approximate surface area is 199 Å². The number of thioether (sulfide) groups is 1. The third kappa shape index (κ3) is 4.11. The van der Waals surface area contributed by atoms with Gasteiger partial charge in [0.15, 0.2) is 5.16 Å². The summed E-state index contributed by atoms with van der Waals surface area (Å²) in [6.07, 6.45) is 1.65. The Morgan fingerprint density at radius 2 is 1.65 bits per heavy atom. The Bertz CT molecular complexity index is 1560. The van der Waals surface area contributed by atoms with Crippen molar-refractivity contribution in [2.75, 3.05) is 11.1 Å². The number of para-hydroxylation sites is 1. The van der Waals surface area contributed by atoms with E-state index in [0.717, 1.165) is 16.8 Å². The van der Waals surface area contributed by atoms with Gasteiger partial charge < -0.3 is 5.32 Å². The van der Waals surface area contributed by atoms with E-state index in [4.69, 9.17) is 0 Å². The Balaban J connectivity index is 1.36. The maximum atomic E-state index is 12.9. The van der Waals surface area contributed by atoms with Crippen LogP contribution in [-0.4, -0.2) is 30.8 Å². The second-order valence-corrected chi connectivity index (χ2v) is 8.56. The second-order valence-electron chi connectivity index (χ2n) is 7.62. The summed E-state index contributed by atoms with van der Waals surface area (Å²) in [4.78, 5) is 25.5. The molecule has 0 spiro atoms. The van der Waals surface area contributed by atoms with Crippen molar-refractivity contribution in [1.29, 1.82) is 0 Å². The zero-order valence-corrected chi connectivity index (χ0v) is 19.0. The minimum Gasteiger partial charge on any atom is -0.325 e. The lowest BCUT2D eigenvalue weighted by atomic mass is 10.1. The standard InChI is InChI=1S/C26H21N5O2S/c1-2-16-30-24(33)21-10-6-7-11-22(21)31-25(30)28-29-26(31)34-17-23(32)27-20-14-12-19(13-15-20)18-8-4-3-5-9-18/h2-15H,1,16-17H2,(H,27,32). The first-order valence-corrected chi connectivity index (χ1v) is 11.7. The molecule has 34 heavy (non-hydrogen) atoms. The number of anilines is 1. The van der Waals surface area contributed by atoms with Gasteiger partial charge in [0.25, 0.3) is 5.56 Å². The fourth-order valence-corrected chi connectivity index (χ4v) is 4.56. The molecule has 7 nitrogen and oxygen atoms in total. The second kappa shape index (κ2) is 9.36. The molecule has 2 aromatic heterocycles. The maximum absolute atomic E-state index is 12.9. The number of carbonyl (C=O) groups excluding carboxylic acids is 1. The van der Waals surface area contributed by atoms with E-state index in [9.17, 15) is 9.59 Å². The molecule has 3 aromatic carbocycles. The Hall–Kier alpha value is -4.17. The average molecular weight is 468 g/mol. The van der Waals surface area contributed by atoms with Crippen LogP contribution in [0.3, 0.4) is 0 Å². The quantitative estimate of drug-likeness (QED) is 0.279. The van der Waals surface area contributed by atoms with Crippen LogP contribution in [0.5, 0.6) is 0 Å². The third-order valence-electron chi connectivity index (χ3n) is 5.40. The molecule has 8 heteroatoms. The number of aromatic nitrogens is 4. The molecule has 0 fully saturated rings. The molecule has 0 saturated heterocycles. The number of fused-ring (bicyclic) bond motifs is 3. The highest BCUT2D eigenvalue weighted by Gasteiger charge is 2.17. The van der Waals surface area contributed by atoms with Crippen molar-refractivity contribution in [2.45, 2.75) is 11.7 Å². The summed E-state index contributed by atoms with van der Waals surface area (Å²) in [6, 6.07) is 25.1. The van der Waals surface area contributed by atoms with Gasteiger partial charge in [-0.15, -0.1) is 16.8 Å². The lowest BCUT2D eigenvalue weighted by Gasteiger charge is -2.10. The van der Waals surface area contributed by atoms with E-state index in [0.29, 0.717) is 28.4 Å². The van der Waals surface area contributed by atoms with E-state index in [2.05, 4.69) is 22.1 Å². The fraction of sp³-hybridized carbons (Fsp3) is 0.0769. The summed E-state index contributed by atoms with van der Waals surface area (Å²) in [7, 11) is 0. The molecule has 2 heterocycles. The van der Waals surface area contributed by atoms with Gasteiger partial charge in [0.2, 0.25) is 11.7 Å². The van der Waals surface area contributed by atoms with E-state index in [1.54, 1.807) is 12.1 Å². The van der Waals surface area contributed by atoms with E-state index in [-0.39, 0.29) is 17.2 Å². The normalized spacial score (nSPS) is 11.1. The van der Waals surface area contributed by atoms with Crippen molar-refractivity contribution in [2.24, 2.45) is 0 Å². The number of hydrogen-bond acceptors (Lipinski definition) is 5. The van der Waals surface area contributed by atoms with Gasteiger partial charge >= 0.3 is 0 Å². The number of nitrogens with zero attached hydrogens (tertiary/aromatic N) is 4. The fourth-order valence-electron chi connectivity index (χ4n) is 3.82. The summed E-state index contributed by atoms with van der Waals surface area (Å²) < 4.78 is 3.34. The van der Waals surface area contributed by atoms with Crippen molar-refractivity contribution < 1.29 is 4.79 Å². The number of allylic oxidation sites excluding steroid dienone is 1. The van der Waals surface area contributed by atoms with Crippen molar-refractivity contribution in [3.8, 4) is 11.1 Å². The zero-order valence-electron chi connectivity index (χ0n) is 18.2. The molecule has 0 unspecified atom stereocenters. The first-order valence-electron chi connectivity index (χ1n) is 10.7. The molecular formula is C26H21N5O2S. The van der Waals surface area contributed by atoms with Gasteiger partial charge in [0.1, 0.15) is 0 Å². The van der Waals surface area contributed by atoms with Crippen molar-refractivity contribution in [1.82, 2.24) is 19.2 Å². The summed E-state index contributed by atoms with van der Waals surface area (Å²) >= 11 is 1.27. The minimum atomic E-state index is -0.155. The predicted molar refractivity (Wildman–Crippen MR) is 136 cm³/mol. The molecule has 0 bridgehead atoms. The predicted octanol–water partition coefficient (Wildman–Crippen LogP) is 4.63. The molecule has 168 valence electrons. The topological polar surface area (TPSA) is 81.3 Å². The van der Waals surface area contributed by atoms with Gasteiger partial charge in [-0.05, 0) is 35.4 Å². The van der Waals surface area contributed by atoms with E-state index < -0.39 is 0 Å². The number of carbonyl (C=O) groups is 1. The van der Waals surface area contributed by atoms with Crippen molar-refractivity contribution >= 4 is 40.0 Å². The monoisotopic (exact) mass is 467 g/mol. The van der Waals surface area contributed by atoms with Gasteiger partial charge in [0.05, 0.1) is 16.7 Å². The van der Waals surface area contributed by atoms with E-state index in [1.165, 1.54) is 16.3 Å². The number of rotatable bonds is 7. The SMILES string of the molecule is C=CCn1c(=O)c2ccccc2n2c(SCC(=O)Nc3ccc(-c4ccccc4)cc3)nnc12. The summed E-state index contributed by atoms with van der Waals surface area (Å²) in [6.45, 7) is 4.05. The molecule has 0 radical (unpaired) electrons. The van der Waals surface area contributed by atoms with Gasteiger partial charge in [-0.25, -0.2) is 0 Å². The van der Waals surface area contributed by atoms with Crippen LogP contribution in [0, 0.1) is 0 Å². The van der Waals surface area contributed by atoms with Gasteiger partial charge in [-0.2, -0.15) is 0 Å². The molecule has 0 aliphatic rings. The average Bonchev–Trinajstić information content (AvgIpc) is 3.30. The van der Waals surface area contributed by atoms with Crippen LogP contribution >= 0.6 is 11.8 Å². The maximum Gasteiger partial charge on any atom is 0.263 e. The van der Waals surface area contributed by atoms with Crippen LogP contribution in [0.1, 0.15) is 0 Å². The molecule has 0 saturated carbocycles. The highest BCUT2D eigenvalue weighted by Crippen LogP contribution is 2.23. The van der Waals surface area contributed by atoms with Crippen LogP contribution in [0.2, 0.25) is 0 Å². The number of amides is 1.